The zero-order valence-corrected chi connectivity index (χ0v) is 14.9. The molecule has 25 heavy (non-hydrogen) atoms. The van der Waals surface area contributed by atoms with Crippen LogP contribution in [0.25, 0.3) is 0 Å². The van der Waals surface area contributed by atoms with E-state index < -0.39 is 18.5 Å². The number of halogens is 3. The third kappa shape index (κ3) is 3.73. The van der Waals surface area contributed by atoms with Gasteiger partial charge in [-0.05, 0) is 81.0 Å². The molecule has 0 amide bonds. The molecule has 0 aromatic heterocycles. The van der Waals surface area contributed by atoms with E-state index in [1.165, 1.54) is 0 Å². The van der Waals surface area contributed by atoms with Gasteiger partial charge in [0.2, 0.25) is 0 Å². The van der Waals surface area contributed by atoms with Crippen molar-refractivity contribution in [3.63, 3.8) is 0 Å². The largest absolute Gasteiger partial charge is 0.353 e. The SMILES string of the molecule is FC1CC2C3CCC(CCC4OCCCO4)CC3CCC2C(F)C1F. The second-order valence-corrected chi connectivity index (χ2v) is 8.75. The minimum absolute atomic E-state index is 0.0402. The zero-order valence-electron chi connectivity index (χ0n) is 14.9. The molecule has 8 unspecified atom stereocenters. The molecule has 0 N–H and O–H groups in total. The summed E-state index contributed by atoms with van der Waals surface area (Å²) in [4.78, 5) is 0. The summed E-state index contributed by atoms with van der Waals surface area (Å²) in [5.74, 6) is 1.46. The van der Waals surface area contributed by atoms with Crippen molar-refractivity contribution in [1.82, 2.24) is 0 Å². The summed E-state index contributed by atoms with van der Waals surface area (Å²) >= 11 is 0. The van der Waals surface area contributed by atoms with Crippen LogP contribution in [0, 0.1) is 29.6 Å². The van der Waals surface area contributed by atoms with Crippen LogP contribution in [0.4, 0.5) is 13.2 Å². The highest BCUT2D eigenvalue weighted by Crippen LogP contribution is 2.54. The summed E-state index contributed by atoms with van der Waals surface area (Å²) in [5.41, 5.74) is 0. The Balaban J connectivity index is 1.31. The van der Waals surface area contributed by atoms with E-state index in [9.17, 15) is 13.2 Å². The van der Waals surface area contributed by atoms with Crippen LogP contribution in [0.15, 0.2) is 0 Å². The van der Waals surface area contributed by atoms with Crippen molar-refractivity contribution >= 4 is 0 Å². The molecule has 3 saturated carbocycles. The van der Waals surface area contributed by atoms with Gasteiger partial charge in [-0.15, -0.1) is 0 Å². The number of hydrogen-bond donors (Lipinski definition) is 0. The second-order valence-electron chi connectivity index (χ2n) is 8.75. The first kappa shape index (κ1) is 18.1. The Morgan fingerprint density at radius 1 is 0.720 bits per heavy atom. The summed E-state index contributed by atoms with van der Waals surface area (Å²) in [6, 6.07) is 0. The molecule has 3 aliphatic carbocycles. The lowest BCUT2D eigenvalue weighted by Crippen LogP contribution is -2.51. The van der Waals surface area contributed by atoms with E-state index in [1.54, 1.807) is 0 Å². The molecule has 0 spiro atoms. The lowest BCUT2D eigenvalue weighted by Gasteiger charge is -2.51. The van der Waals surface area contributed by atoms with E-state index in [0.717, 1.165) is 64.6 Å². The first-order valence-electron chi connectivity index (χ1n) is 10.3. The molecule has 1 heterocycles. The fourth-order valence-corrected chi connectivity index (χ4v) is 6.13. The van der Waals surface area contributed by atoms with Gasteiger partial charge < -0.3 is 9.47 Å². The van der Waals surface area contributed by atoms with Crippen LogP contribution in [0.1, 0.15) is 57.8 Å². The fraction of sp³-hybridized carbons (Fsp3) is 1.00. The molecule has 4 fully saturated rings. The Bertz CT molecular complexity index is 443. The summed E-state index contributed by atoms with van der Waals surface area (Å²) in [7, 11) is 0. The van der Waals surface area contributed by atoms with Crippen LogP contribution in [0.3, 0.4) is 0 Å². The molecule has 4 aliphatic rings. The van der Waals surface area contributed by atoms with Gasteiger partial charge in [0.15, 0.2) is 12.5 Å². The zero-order chi connectivity index (χ0) is 17.4. The van der Waals surface area contributed by atoms with Crippen molar-refractivity contribution < 1.29 is 22.6 Å². The highest BCUT2D eigenvalue weighted by Gasteiger charge is 2.52. The van der Waals surface area contributed by atoms with Gasteiger partial charge in [0.25, 0.3) is 0 Å². The first-order valence-corrected chi connectivity index (χ1v) is 10.3. The maximum absolute atomic E-state index is 14.3. The average molecular weight is 360 g/mol. The highest BCUT2D eigenvalue weighted by molar-refractivity contribution is 5.01. The van der Waals surface area contributed by atoms with Gasteiger partial charge >= 0.3 is 0 Å². The maximum Gasteiger partial charge on any atom is 0.162 e. The predicted octanol–water partition coefficient (Wildman–Crippen LogP) is 5.01. The van der Waals surface area contributed by atoms with Crippen molar-refractivity contribution in [2.75, 3.05) is 13.2 Å². The average Bonchev–Trinajstić information content (AvgIpc) is 2.65. The Morgan fingerprint density at radius 3 is 2.28 bits per heavy atom. The van der Waals surface area contributed by atoms with Crippen molar-refractivity contribution in [3.05, 3.63) is 0 Å². The van der Waals surface area contributed by atoms with Crippen molar-refractivity contribution in [3.8, 4) is 0 Å². The number of hydrogen-bond acceptors (Lipinski definition) is 2. The van der Waals surface area contributed by atoms with Crippen molar-refractivity contribution in [2.45, 2.75) is 82.6 Å². The van der Waals surface area contributed by atoms with E-state index >= 15 is 0 Å². The molecule has 4 rings (SSSR count). The van der Waals surface area contributed by atoms with E-state index in [4.69, 9.17) is 9.47 Å². The van der Waals surface area contributed by atoms with Crippen molar-refractivity contribution in [1.29, 1.82) is 0 Å². The summed E-state index contributed by atoms with van der Waals surface area (Å²) in [5, 5.41) is 0. The Hall–Kier alpha value is -0.290. The molecular weight excluding hydrogens is 329 g/mol. The second kappa shape index (κ2) is 7.75. The summed E-state index contributed by atoms with van der Waals surface area (Å²) in [6.45, 7) is 1.60. The number of fused-ring (bicyclic) bond motifs is 3. The Kier molecular flexibility index (Phi) is 5.61. The van der Waals surface area contributed by atoms with Crippen LogP contribution < -0.4 is 0 Å². The van der Waals surface area contributed by atoms with Gasteiger partial charge in [-0.3, -0.25) is 0 Å². The first-order chi connectivity index (χ1) is 12.1. The van der Waals surface area contributed by atoms with Crippen LogP contribution in [0.5, 0.6) is 0 Å². The molecule has 144 valence electrons. The quantitative estimate of drug-likeness (QED) is 0.705. The molecular formula is C20H31F3O2. The normalized spacial score (nSPS) is 48.6. The minimum atomic E-state index is -1.90. The van der Waals surface area contributed by atoms with Gasteiger partial charge in [0.1, 0.15) is 12.3 Å². The van der Waals surface area contributed by atoms with Crippen LogP contribution in [-0.2, 0) is 9.47 Å². The van der Waals surface area contributed by atoms with E-state index in [2.05, 4.69) is 0 Å². The standard InChI is InChI=1S/C20H31F3O2/c21-17-11-16-14-5-2-12(3-7-18-24-8-1-9-25-18)10-13(14)4-6-15(16)19(22)20(17)23/h12-20H,1-11H2. The van der Waals surface area contributed by atoms with Gasteiger partial charge in [0, 0.05) is 0 Å². The topological polar surface area (TPSA) is 18.5 Å². The van der Waals surface area contributed by atoms with Gasteiger partial charge in [-0.1, -0.05) is 6.42 Å². The van der Waals surface area contributed by atoms with Crippen LogP contribution in [0.2, 0.25) is 0 Å². The van der Waals surface area contributed by atoms with Crippen molar-refractivity contribution in [2.24, 2.45) is 29.6 Å². The third-order valence-corrected chi connectivity index (χ3v) is 7.38. The third-order valence-electron chi connectivity index (χ3n) is 7.38. The molecule has 1 aliphatic heterocycles. The fourth-order valence-electron chi connectivity index (χ4n) is 6.13. The molecule has 2 nitrogen and oxygen atoms in total. The predicted molar refractivity (Wildman–Crippen MR) is 89.4 cm³/mol. The maximum atomic E-state index is 14.3. The molecule has 8 atom stereocenters. The number of rotatable bonds is 3. The smallest absolute Gasteiger partial charge is 0.162 e. The molecule has 0 bridgehead atoms. The van der Waals surface area contributed by atoms with Gasteiger partial charge in [-0.2, -0.15) is 0 Å². The van der Waals surface area contributed by atoms with E-state index in [1.807, 2.05) is 0 Å². The van der Waals surface area contributed by atoms with E-state index in [-0.39, 0.29) is 24.5 Å². The lowest BCUT2D eigenvalue weighted by atomic mass is 9.55. The van der Waals surface area contributed by atoms with Crippen LogP contribution in [-0.4, -0.2) is 38.0 Å². The number of alkyl halides is 3. The Morgan fingerprint density at radius 2 is 1.48 bits per heavy atom. The molecule has 1 saturated heterocycles. The van der Waals surface area contributed by atoms with Crippen LogP contribution >= 0.6 is 0 Å². The lowest BCUT2D eigenvalue weighted by molar-refractivity contribution is -0.183. The molecule has 0 radical (unpaired) electrons. The summed E-state index contributed by atoms with van der Waals surface area (Å²) in [6.07, 6.45) is 3.23. The number of ether oxygens (including phenoxy) is 2. The van der Waals surface area contributed by atoms with E-state index in [0.29, 0.717) is 17.8 Å². The molecule has 0 aromatic carbocycles. The Labute approximate surface area is 148 Å². The monoisotopic (exact) mass is 360 g/mol. The summed E-state index contributed by atoms with van der Waals surface area (Å²) < 4.78 is 53.2. The highest BCUT2D eigenvalue weighted by atomic mass is 19.2. The van der Waals surface area contributed by atoms with Gasteiger partial charge in [-0.25, -0.2) is 13.2 Å². The minimum Gasteiger partial charge on any atom is -0.353 e. The molecule has 5 heteroatoms. The molecule has 0 aromatic rings. The van der Waals surface area contributed by atoms with Gasteiger partial charge in [0.05, 0.1) is 13.2 Å².